The molecule has 3 aromatic rings. The summed E-state index contributed by atoms with van der Waals surface area (Å²) in [6.45, 7) is 3.87. The Kier molecular flexibility index (Phi) is 11.3. The van der Waals surface area contributed by atoms with Gasteiger partial charge in [0.15, 0.2) is 17.7 Å². The number of hydrazone groups is 1. The summed E-state index contributed by atoms with van der Waals surface area (Å²) in [4.78, 5) is 24.6. The lowest BCUT2D eigenvalue weighted by Crippen LogP contribution is -2.45. The first-order valence-electron chi connectivity index (χ1n) is 13.6. The van der Waals surface area contributed by atoms with Crippen LogP contribution < -0.4 is 30.3 Å². The lowest BCUT2D eigenvalue weighted by molar-refractivity contribution is -0.136. The molecule has 44 heavy (non-hydrogen) atoms. The van der Waals surface area contributed by atoms with Crippen LogP contribution in [0.4, 0.5) is 4.79 Å². The first-order valence-corrected chi connectivity index (χ1v) is 14.3. The third-order valence-electron chi connectivity index (χ3n) is 6.40. The van der Waals surface area contributed by atoms with Crippen LogP contribution in [-0.2, 0) is 16.1 Å². The summed E-state index contributed by atoms with van der Waals surface area (Å²) in [7, 11) is 1.27. The number of halogens is 2. The van der Waals surface area contributed by atoms with E-state index in [1.807, 2.05) is 31.2 Å². The number of carbonyl (C=O) groups is 2. The van der Waals surface area contributed by atoms with Gasteiger partial charge in [-0.2, -0.15) is 5.10 Å². The van der Waals surface area contributed by atoms with E-state index in [2.05, 4.69) is 21.2 Å². The second-order valence-electron chi connectivity index (χ2n) is 9.49. The summed E-state index contributed by atoms with van der Waals surface area (Å²) < 4.78 is 22.4. The van der Waals surface area contributed by atoms with E-state index in [1.54, 1.807) is 43.3 Å². The van der Waals surface area contributed by atoms with Gasteiger partial charge >= 0.3 is 12.0 Å². The fourth-order valence-electron chi connectivity index (χ4n) is 4.32. The van der Waals surface area contributed by atoms with Gasteiger partial charge in [0.25, 0.3) is 0 Å². The zero-order chi connectivity index (χ0) is 31.6. The number of amides is 2. The molecule has 11 nitrogen and oxygen atoms in total. The molecule has 1 aliphatic heterocycles. The fraction of sp³-hybridized carbons (Fsp3) is 0.258. The maximum absolute atomic E-state index is 12.4. The molecule has 13 heteroatoms. The van der Waals surface area contributed by atoms with E-state index in [9.17, 15) is 14.7 Å². The highest BCUT2D eigenvalue weighted by atomic mass is 35.5. The van der Waals surface area contributed by atoms with Crippen LogP contribution in [-0.4, -0.2) is 49.9 Å². The van der Waals surface area contributed by atoms with Crippen LogP contribution in [0.2, 0.25) is 10.0 Å². The average molecular weight is 644 g/mol. The molecule has 0 bridgehead atoms. The minimum Gasteiger partial charge on any atom is -0.490 e. The van der Waals surface area contributed by atoms with Crippen molar-refractivity contribution in [2.24, 2.45) is 5.10 Å². The second-order valence-corrected chi connectivity index (χ2v) is 10.3. The number of carbonyl (C=O) groups excluding carboxylic acids is 2. The number of ether oxygens (including phenoxy) is 4. The van der Waals surface area contributed by atoms with E-state index in [1.165, 1.54) is 13.3 Å². The van der Waals surface area contributed by atoms with Crippen LogP contribution in [0.1, 0.15) is 36.6 Å². The highest BCUT2D eigenvalue weighted by molar-refractivity contribution is 6.42. The monoisotopic (exact) mass is 642 g/mol. The topological polar surface area (TPSA) is 140 Å². The Morgan fingerprint density at radius 3 is 2.59 bits per heavy atom. The van der Waals surface area contributed by atoms with Gasteiger partial charge in [0.2, 0.25) is 0 Å². The molecular weight excluding hydrogens is 611 g/mol. The summed E-state index contributed by atoms with van der Waals surface area (Å²) in [5.41, 5.74) is 5.40. The summed E-state index contributed by atoms with van der Waals surface area (Å²) in [5, 5.41) is 20.8. The molecule has 1 aliphatic rings. The minimum absolute atomic E-state index is 0.164. The van der Waals surface area contributed by atoms with Gasteiger partial charge in [-0.3, -0.25) is 5.43 Å². The van der Waals surface area contributed by atoms with Crippen LogP contribution in [0, 0.1) is 0 Å². The Morgan fingerprint density at radius 2 is 1.84 bits per heavy atom. The van der Waals surface area contributed by atoms with Crippen molar-refractivity contribution >= 4 is 41.4 Å². The van der Waals surface area contributed by atoms with Gasteiger partial charge in [-0.15, -0.1) is 0 Å². The molecule has 0 fully saturated rings. The second kappa shape index (κ2) is 15.3. The summed E-state index contributed by atoms with van der Waals surface area (Å²) >= 11 is 12.1. The maximum Gasteiger partial charge on any atom is 0.337 e. The molecule has 232 valence electrons. The number of hydrogen-bond acceptors (Lipinski definition) is 9. The number of para-hydroxylation sites is 1. The van der Waals surface area contributed by atoms with Crippen LogP contribution in [0.15, 0.2) is 77.0 Å². The van der Waals surface area contributed by atoms with E-state index >= 15 is 0 Å². The van der Waals surface area contributed by atoms with E-state index in [0.29, 0.717) is 50.7 Å². The molecule has 0 saturated carbocycles. The van der Waals surface area contributed by atoms with E-state index in [4.69, 9.17) is 42.1 Å². The summed E-state index contributed by atoms with van der Waals surface area (Å²) in [5.74, 6) is 0.723. The van der Waals surface area contributed by atoms with Crippen molar-refractivity contribution in [3.63, 3.8) is 0 Å². The van der Waals surface area contributed by atoms with Crippen molar-refractivity contribution in [2.75, 3.05) is 20.3 Å². The third-order valence-corrected chi connectivity index (χ3v) is 7.14. The Balaban J connectivity index is 1.38. The molecule has 4 N–H and O–H groups in total. The third kappa shape index (κ3) is 8.34. The molecule has 0 aliphatic carbocycles. The van der Waals surface area contributed by atoms with Gasteiger partial charge in [0.05, 0.1) is 41.6 Å². The number of allylic oxidation sites excluding steroid dienone is 1. The number of aliphatic hydroxyl groups is 1. The summed E-state index contributed by atoms with van der Waals surface area (Å²) in [6, 6.07) is 16.4. The molecule has 0 unspecified atom stereocenters. The molecule has 4 rings (SSSR count). The van der Waals surface area contributed by atoms with E-state index < -0.39 is 24.3 Å². The molecule has 0 radical (unpaired) electrons. The quantitative estimate of drug-likeness (QED) is 0.0875. The van der Waals surface area contributed by atoms with Crippen molar-refractivity contribution in [1.29, 1.82) is 0 Å². The van der Waals surface area contributed by atoms with Crippen molar-refractivity contribution in [2.45, 2.75) is 32.7 Å². The smallest absolute Gasteiger partial charge is 0.337 e. The van der Waals surface area contributed by atoms with Crippen molar-refractivity contribution < 1.29 is 33.6 Å². The lowest BCUT2D eigenvalue weighted by Gasteiger charge is -2.28. The predicted octanol–water partition coefficient (Wildman–Crippen LogP) is 5.09. The largest absolute Gasteiger partial charge is 0.490 e. The Labute approximate surface area is 264 Å². The van der Waals surface area contributed by atoms with Gasteiger partial charge in [-0.05, 0) is 61.4 Å². The molecular formula is C31H32Cl2N4O7. The van der Waals surface area contributed by atoms with E-state index in [-0.39, 0.29) is 18.8 Å². The molecule has 2 amide bonds. The van der Waals surface area contributed by atoms with Crippen molar-refractivity contribution in [3.8, 4) is 17.2 Å². The number of nitrogens with zero attached hydrogens (tertiary/aromatic N) is 1. The minimum atomic E-state index is -1.16. The molecule has 3 aromatic carbocycles. The van der Waals surface area contributed by atoms with Gasteiger partial charge in [0, 0.05) is 11.3 Å². The number of nitrogens with one attached hydrogen (secondary N) is 3. The highest BCUT2D eigenvalue weighted by Crippen LogP contribution is 2.35. The molecule has 0 saturated heterocycles. The maximum atomic E-state index is 12.4. The number of rotatable bonds is 13. The normalized spacial score (nSPS) is 15.3. The van der Waals surface area contributed by atoms with Gasteiger partial charge < -0.3 is 34.7 Å². The SMILES string of the molecule is CCOc1cc([C@H]2NC(=O)NC(C)=C2C(=O)OC)ccc1OC[C@H](O)N/N=C\c1ccccc1OCc1ccc(Cl)c(Cl)c1. The van der Waals surface area contributed by atoms with Gasteiger partial charge in [0.1, 0.15) is 19.0 Å². The zero-order valence-electron chi connectivity index (χ0n) is 24.2. The molecule has 2 atom stereocenters. The molecule has 0 spiro atoms. The van der Waals surface area contributed by atoms with Gasteiger partial charge in [-0.1, -0.05) is 47.5 Å². The number of aliphatic hydroxyl groups excluding tert-OH is 1. The van der Waals surface area contributed by atoms with Crippen LogP contribution in [0.5, 0.6) is 17.2 Å². The number of hydrogen-bond donors (Lipinski definition) is 4. The first kappa shape index (κ1) is 32.5. The van der Waals surface area contributed by atoms with Crippen molar-refractivity contribution in [1.82, 2.24) is 16.1 Å². The Morgan fingerprint density at radius 1 is 1.05 bits per heavy atom. The molecule has 0 aromatic heterocycles. The van der Waals surface area contributed by atoms with E-state index in [0.717, 1.165) is 5.56 Å². The van der Waals surface area contributed by atoms with Crippen molar-refractivity contribution in [3.05, 3.63) is 98.7 Å². The van der Waals surface area contributed by atoms with Gasteiger partial charge in [-0.25, -0.2) is 9.59 Å². The molecule has 1 heterocycles. The standard InChI is InChI=1S/C31H32Cl2N4O7/c1-4-42-26-14-20(29-28(30(39)41-3)18(2)35-31(40)36-29)10-12-25(26)44-17-27(38)37-34-15-21-7-5-6-8-24(21)43-16-19-9-11-22(32)23(33)13-19/h5-15,27,29,37-38H,4,16-17H2,1-3H3,(H2,35,36,40)/b34-15-/t27-,29+/m0/s1. The lowest BCUT2D eigenvalue weighted by atomic mass is 9.95. The fourth-order valence-corrected chi connectivity index (χ4v) is 4.64. The van der Waals surface area contributed by atoms with Crippen LogP contribution in [0.25, 0.3) is 0 Å². The first-order chi connectivity index (χ1) is 21.2. The number of esters is 1. The Hall–Kier alpha value is -4.45. The average Bonchev–Trinajstić information content (AvgIpc) is 3.01. The number of benzene rings is 3. The predicted molar refractivity (Wildman–Crippen MR) is 166 cm³/mol. The number of methoxy groups -OCH3 is 1. The van der Waals surface area contributed by atoms with Crippen LogP contribution >= 0.6 is 23.2 Å². The zero-order valence-corrected chi connectivity index (χ0v) is 25.7. The Bertz CT molecular complexity index is 1560. The number of urea groups is 1. The van der Waals surface area contributed by atoms with Crippen LogP contribution in [0.3, 0.4) is 0 Å². The highest BCUT2D eigenvalue weighted by Gasteiger charge is 2.32. The summed E-state index contributed by atoms with van der Waals surface area (Å²) in [6.07, 6.45) is 0.361.